The number of carbonyl (C=O) groups is 3. The summed E-state index contributed by atoms with van der Waals surface area (Å²) in [5, 5.41) is 6.65. The quantitative estimate of drug-likeness (QED) is 0.350. The molecule has 13 heteroatoms. The summed E-state index contributed by atoms with van der Waals surface area (Å²) < 4.78 is 28.8. The molecule has 0 amide bonds. The van der Waals surface area contributed by atoms with Gasteiger partial charge in [-0.15, -0.1) is 0 Å². The minimum atomic E-state index is -1.29. The Balaban J connectivity index is 1.66. The lowest BCUT2D eigenvalue weighted by Gasteiger charge is -2.29. The number of ether oxygens (including phenoxy) is 5. The lowest BCUT2D eigenvalue weighted by molar-refractivity contribution is -0.201. The van der Waals surface area contributed by atoms with E-state index >= 15 is 0 Å². The molecule has 3 aliphatic heterocycles. The fourth-order valence-corrected chi connectivity index (χ4v) is 4.15. The van der Waals surface area contributed by atoms with Gasteiger partial charge >= 0.3 is 17.9 Å². The van der Waals surface area contributed by atoms with Crippen molar-refractivity contribution in [3.63, 3.8) is 0 Å². The molecule has 1 aromatic heterocycles. The Bertz CT molecular complexity index is 1030. The van der Waals surface area contributed by atoms with Gasteiger partial charge in [-0.25, -0.2) is 9.97 Å². The highest BCUT2D eigenvalue weighted by molar-refractivity contribution is 5.82. The van der Waals surface area contributed by atoms with Crippen LogP contribution in [0.4, 0.5) is 17.3 Å². The molecule has 2 fully saturated rings. The van der Waals surface area contributed by atoms with Gasteiger partial charge in [-0.05, 0) is 6.42 Å². The van der Waals surface area contributed by atoms with Crippen molar-refractivity contribution in [1.82, 2.24) is 9.97 Å². The summed E-state index contributed by atoms with van der Waals surface area (Å²) >= 11 is 0. The van der Waals surface area contributed by atoms with Crippen molar-refractivity contribution in [3.05, 3.63) is 6.33 Å². The number of esters is 3. The summed E-state index contributed by atoms with van der Waals surface area (Å²) in [4.78, 5) is 48.5. The number of nitrogens with one attached hydrogen (secondary N) is 2. The predicted octanol–water partition coefficient (Wildman–Crippen LogP) is 1.88. The lowest BCUT2D eigenvalue weighted by atomic mass is 10.1. The molecule has 0 saturated carbocycles. The van der Waals surface area contributed by atoms with Crippen LogP contribution in [0.1, 0.15) is 48.0 Å². The minimum absolute atomic E-state index is 0.118. The molecular formula is C25H37N5O8. The Kier molecular flexibility index (Phi) is 8.56. The molecule has 2 saturated heterocycles. The van der Waals surface area contributed by atoms with Gasteiger partial charge < -0.3 is 39.2 Å². The molecule has 4 heterocycles. The largest absolute Gasteiger partial charge is 0.453 e. The summed E-state index contributed by atoms with van der Waals surface area (Å²) in [6.07, 6.45) is -2.26. The molecule has 1 unspecified atom stereocenters. The molecule has 210 valence electrons. The zero-order valence-electron chi connectivity index (χ0n) is 22.6. The van der Waals surface area contributed by atoms with Gasteiger partial charge in [-0.2, -0.15) is 0 Å². The normalized spacial score (nSPS) is 26.4. The first-order chi connectivity index (χ1) is 18.1. The van der Waals surface area contributed by atoms with E-state index in [4.69, 9.17) is 23.7 Å². The Morgan fingerprint density at radius 3 is 2.21 bits per heavy atom. The molecule has 0 aromatic carbocycles. The van der Waals surface area contributed by atoms with Crippen LogP contribution >= 0.6 is 0 Å². The highest BCUT2D eigenvalue weighted by atomic mass is 16.8. The first-order valence-corrected chi connectivity index (χ1v) is 13.0. The molecule has 2 N–H and O–H groups in total. The lowest BCUT2D eigenvalue weighted by Crippen LogP contribution is -2.48. The van der Waals surface area contributed by atoms with Gasteiger partial charge in [0.05, 0.1) is 37.1 Å². The maximum Gasteiger partial charge on any atom is 0.310 e. The van der Waals surface area contributed by atoms with Gasteiger partial charge in [0.25, 0.3) is 0 Å². The molecule has 0 radical (unpaired) electrons. The van der Waals surface area contributed by atoms with Crippen molar-refractivity contribution in [3.8, 4) is 0 Å². The maximum absolute atomic E-state index is 12.7. The van der Waals surface area contributed by atoms with Crippen LogP contribution in [0.15, 0.2) is 6.33 Å². The molecule has 1 aromatic rings. The fourth-order valence-electron chi connectivity index (χ4n) is 4.15. The highest BCUT2D eigenvalue weighted by Gasteiger charge is 2.55. The van der Waals surface area contributed by atoms with Gasteiger partial charge in [0.2, 0.25) is 12.4 Å². The minimum Gasteiger partial charge on any atom is -0.453 e. The maximum atomic E-state index is 12.7. The van der Waals surface area contributed by atoms with Gasteiger partial charge in [-0.3, -0.25) is 14.4 Å². The van der Waals surface area contributed by atoms with E-state index < -0.39 is 60.4 Å². The predicted molar refractivity (Wildman–Crippen MR) is 135 cm³/mol. The summed E-state index contributed by atoms with van der Waals surface area (Å²) in [5.74, 6) is -1.86. The molecule has 5 atom stereocenters. The molecule has 38 heavy (non-hydrogen) atoms. The first kappa shape index (κ1) is 27.8. The number of nitrogens with zero attached hydrogens (tertiary/aromatic N) is 3. The molecular weight excluding hydrogens is 498 g/mol. The Hall–Kier alpha value is -3.19. The number of hydrogen-bond acceptors (Lipinski definition) is 13. The molecule has 3 aliphatic rings. The SMILES string of the molecule is CC(C)C(=O)O[C@H]1OC(N2CNc3c(N[C@@H]4CCOC4)ncnc32)[C@H](OC(=O)C(C)C)[C@@H]1OC(=O)C(C)C. The first-order valence-electron chi connectivity index (χ1n) is 13.0. The zero-order valence-corrected chi connectivity index (χ0v) is 22.6. The zero-order chi connectivity index (χ0) is 27.6. The Morgan fingerprint density at radius 2 is 1.61 bits per heavy atom. The van der Waals surface area contributed by atoms with Crippen LogP contribution in [0.25, 0.3) is 0 Å². The van der Waals surface area contributed by atoms with Crippen LogP contribution in [0.3, 0.4) is 0 Å². The third kappa shape index (κ3) is 5.93. The Morgan fingerprint density at radius 1 is 0.974 bits per heavy atom. The average Bonchev–Trinajstić information content (AvgIpc) is 3.60. The van der Waals surface area contributed by atoms with E-state index in [1.165, 1.54) is 6.33 Å². The van der Waals surface area contributed by atoms with Gasteiger partial charge in [0, 0.05) is 6.61 Å². The van der Waals surface area contributed by atoms with Crippen molar-refractivity contribution in [2.45, 2.75) is 78.7 Å². The number of anilines is 3. The van der Waals surface area contributed by atoms with E-state index in [0.29, 0.717) is 30.5 Å². The molecule has 0 bridgehead atoms. The molecule has 0 spiro atoms. The van der Waals surface area contributed by atoms with Crippen molar-refractivity contribution < 1.29 is 38.1 Å². The second-order valence-corrected chi connectivity index (χ2v) is 10.5. The second kappa shape index (κ2) is 11.7. The number of carbonyl (C=O) groups excluding carboxylic acids is 3. The Labute approximate surface area is 221 Å². The summed E-state index contributed by atoms with van der Waals surface area (Å²) in [7, 11) is 0. The van der Waals surface area contributed by atoms with Crippen LogP contribution < -0.4 is 15.5 Å². The van der Waals surface area contributed by atoms with E-state index in [0.717, 1.165) is 6.42 Å². The highest BCUT2D eigenvalue weighted by Crippen LogP contribution is 2.40. The van der Waals surface area contributed by atoms with Gasteiger partial charge in [0.1, 0.15) is 12.0 Å². The van der Waals surface area contributed by atoms with E-state index in [-0.39, 0.29) is 12.7 Å². The smallest absolute Gasteiger partial charge is 0.310 e. The van der Waals surface area contributed by atoms with Crippen molar-refractivity contribution in [2.24, 2.45) is 17.8 Å². The van der Waals surface area contributed by atoms with E-state index in [9.17, 15) is 14.4 Å². The van der Waals surface area contributed by atoms with Gasteiger partial charge in [-0.1, -0.05) is 41.5 Å². The van der Waals surface area contributed by atoms with Crippen LogP contribution in [0.5, 0.6) is 0 Å². The molecule has 13 nitrogen and oxygen atoms in total. The number of aromatic nitrogens is 2. The monoisotopic (exact) mass is 535 g/mol. The van der Waals surface area contributed by atoms with Crippen LogP contribution in [-0.4, -0.2) is 78.5 Å². The van der Waals surface area contributed by atoms with E-state index in [1.54, 1.807) is 46.4 Å². The van der Waals surface area contributed by atoms with Crippen LogP contribution in [0.2, 0.25) is 0 Å². The van der Waals surface area contributed by atoms with Crippen molar-refractivity contribution in [1.29, 1.82) is 0 Å². The summed E-state index contributed by atoms with van der Waals surface area (Å²) in [6, 6.07) is 0.118. The second-order valence-electron chi connectivity index (χ2n) is 10.5. The summed E-state index contributed by atoms with van der Waals surface area (Å²) in [5.41, 5.74) is 0.648. The molecule has 0 aliphatic carbocycles. The number of rotatable bonds is 9. The van der Waals surface area contributed by atoms with Gasteiger partial charge in [0.15, 0.2) is 24.0 Å². The summed E-state index contributed by atoms with van der Waals surface area (Å²) in [6.45, 7) is 11.6. The number of hydrogen-bond donors (Lipinski definition) is 2. The third-order valence-electron chi connectivity index (χ3n) is 6.40. The fraction of sp³-hybridized carbons (Fsp3) is 0.720. The van der Waals surface area contributed by atoms with Crippen molar-refractivity contribution in [2.75, 3.05) is 35.4 Å². The van der Waals surface area contributed by atoms with Crippen molar-refractivity contribution >= 4 is 35.2 Å². The average molecular weight is 536 g/mol. The topological polar surface area (TPSA) is 150 Å². The standard InChI is InChI=1S/C25H37N5O8/c1-12(2)22(31)35-17-18(36-23(32)13(3)4)25(38-24(33)14(5)6)37-21(17)30-11-28-16-19(26-10-27-20(16)30)29-15-7-8-34-9-15/h10,12-15,17-18,21,25,28H,7-9,11H2,1-6H3,(H,26,27,29)/t15-,17-,18+,21?,25-/m1/s1. The van der Waals surface area contributed by atoms with E-state index in [1.807, 2.05) is 0 Å². The third-order valence-corrected chi connectivity index (χ3v) is 6.40. The van der Waals surface area contributed by atoms with Crippen LogP contribution in [0, 0.1) is 17.8 Å². The van der Waals surface area contributed by atoms with Crippen LogP contribution in [-0.2, 0) is 38.1 Å². The number of fused-ring (bicyclic) bond motifs is 1. The molecule has 4 rings (SSSR count). The van der Waals surface area contributed by atoms with E-state index in [2.05, 4.69) is 20.6 Å².